The van der Waals surface area contributed by atoms with Crippen LogP contribution >= 0.6 is 11.3 Å². The number of nitrogens with one attached hydrogen (secondary N) is 1. The number of aromatic nitrogens is 3. The van der Waals surface area contributed by atoms with E-state index in [2.05, 4.69) is 76.2 Å². The highest BCUT2D eigenvalue weighted by Gasteiger charge is 2.30. The molecule has 3 heterocycles. The van der Waals surface area contributed by atoms with Crippen LogP contribution in [0, 0.1) is 0 Å². The summed E-state index contributed by atoms with van der Waals surface area (Å²) in [6.07, 6.45) is 2.60. The highest BCUT2D eigenvalue weighted by Crippen LogP contribution is 2.38. The standard InChI is InChI=1S/C17H19N5S/c1-21(2)13-7-5-12(6-8-13)15-10-14(16-4-3-9-23-16)20-17-18-11-19-22(15)17/h3-9,11,14-15H,10H2,1-2H3,(H,18,19,20)/t14-,15-/m0/s1. The van der Waals surface area contributed by atoms with Crippen LogP contribution in [0.2, 0.25) is 0 Å². The highest BCUT2D eigenvalue weighted by molar-refractivity contribution is 7.10. The van der Waals surface area contributed by atoms with Crippen molar-refractivity contribution in [2.24, 2.45) is 0 Å². The zero-order valence-corrected chi connectivity index (χ0v) is 14.0. The molecular formula is C17H19N5S. The van der Waals surface area contributed by atoms with Gasteiger partial charge >= 0.3 is 0 Å². The molecule has 0 saturated heterocycles. The largest absolute Gasteiger partial charge is 0.378 e. The van der Waals surface area contributed by atoms with Gasteiger partial charge in [0.1, 0.15) is 6.33 Å². The molecule has 3 aromatic rings. The van der Waals surface area contributed by atoms with Crippen molar-refractivity contribution in [2.45, 2.75) is 18.5 Å². The van der Waals surface area contributed by atoms with Crippen molar-refractivity contribution >= 4 is 23.0 Å². The minimum absolute atomic E-state index is 0.206. The van der Waals surface area contributed by atoms with Gasteiger partial charge in [-0.25, -0.2) is 4.68 Å². The Morgan fingerprint density at radius 1 is 1.22 bits per heavy atom. The number of benzene rings is 1. The first-order chi connectivity index (χ1) is 11.2. The minimum Gasteiger partial charge on any atom is -0.378 e. The molecule has 1 aliphatic rings. The molecule has 1 N–H and O–H groups in total. The van der Waals surface area contributed by atoms with Crippen LogP contribution in [0.5, 0.6) is 0 Å². The van der Waals surface area contributed by atoms with Gasteiger partial charge in [-0.3, -0.25) is 0 Å². The Labute approximate surface area is 139 Å². The van der Waals surface area contributed by atoms with Gasteiger partial charge < -0.3 is 10.2 Å². The fraction of sp³-hybridized carbons (Fsp3) is 0.294. The minimum atomic E-state index is 0.206. The van der Waals surface area contributed by atoms with Gasteiger partial charge in [0.15, 0.2) is 0 Å². The molecule has 0 amide bonds. The summed E-state index contributed by atoms with van der Waals surface area (Å²) in [6.45, 7) is 0. The van der Waals surface area contributed by atoms with Gasteiger partial charge in [0.25, 0.3) is 0 Å². The van der Waals surface area contributed by atoms with E-state index < -0.39 is 0 Å². The van der Waals surface area contributed by atoms with Crippen LogP contribution in [0.3, 0.4) is 0 Å². The molecule has 6 heteroatoms. The molecule has 0 radical (unpaired) electrons. The Morgan fingerprint density at radius 2 is 2.04 bits per heavy atom. The monoisotopic (exact) mass is 325 g/mol. The summed E-state index contributed by atoms with van der Waals surface area (Å²) in [5.74, 6) is 0.844. The number of thiophene rings is 1. The Bertz CT molecular complexity index is 776. The fourth-order valence-electron chi connectivity index (χ4n) is 3.07. The molecule has 0 saturated carbocycles. The fourth-order valence-corrected chi connectivity index (χ4v) is 3.86. The van der Waals surface area contributed by atoms with Gasteiger partial charge in [0, 0.05) is 24.7 Å². The lowest BCUT2D eigenvalue weighted by atomic mass is 9.96. The third-order valence-corrected chi connectivity index (χ3v) is 5.30. The molecule has 1 aliphatic heterocycles. The van der Waals surface area contributed by atoms with Crippen molar-refractivity contribution in [3.05, 3.63) is 58.5 Å². The molecule has 2 atom stereocenters. The Kier molecular flexibility index (Phi) is 3.53. The lowest BCUT2D eigenvalue weighted by Gasteiger charge is -2.31. The van der Waals surface area contributed by atoms with E-state index in [4.69, 9.17) is 0 Å². The first kappa shape index (κ1) is 14.3. The molecule has 0 aliphatic carbocycles. The predicted molar refractivity (Wildman–Crippen MR) is 94.2 cm³/mol. The van der Waals surface area contributed by atoms with Crippen molar-refractivity contribution in [3.63, 3.8) is 0 Å². The van der Waals surface area contributed by atoms with E-state index >= 15 is 0 Å². The molecule has 1 aromatic carbocycles. The van der Waals surface area contributed by atoms with Crippen LogP contribution in [-0.2, 0) is 0 Å². The van der Waals surface area contributed by atoms with Crippen LogP contribution in [0.15, 0.2) is 48.1 Å². The lowest BCUT2D eigenvalue weighted by molar-refractivity contribution is 0.433. The van der Waals surface area contributed by atoms with Crippen molar-refractivity contribution < 1.29 is 0 Å². The van der Waals surface area contributed by atoms with Gasteiger partial charge in [0.05, 0.1) is 12.1 Å². The Hall–Kier alpha value is -2.34. The number of hydrogen-bond acceptors (Lipinski definition) is 5. The van der Waals surface area contributed by atoms with Crippen LogP contribution in [0.25, 0.3) is 0 Å². The van der Waals surface area contributed by atoms with E-state index in [0.717, 1.165) is 12.4 Å². The van der Waals surface area contributed by atoms with Crippen LogP contribution in [0.1, 0.15) is 28.9 Å². The van der Waals surface area contributed by atoms with Crippen LogP contribution in [-0.4, -0.2) is 28.9 Å². The molecule has 4 rings (SSSR count). The van der Waals surface area contributed by atoms with E-state index in [1.54, 1.807) is 17.7 Å². The normalized spacial score (nSPS) is 19.9. The zero-order chi connectivity index (χ0) is 15.8. The Morgan fingerprint density at radius 3 is 2.74 bits per heavy atom. The number of rotatable bonds is 3. The van der Waals surface area contributed by atoms with E-state index in [1.165, 1.54) is 16.1 Å². The Balaban J connectivity index is 1.69. The van der Waals surface area contributed by atoms with Gasteiger partial charge in [-0.05, 0) is 35.6 Å². The quantitative estimate of drug-likeness (QED) is 0.800. The lowest BCUT2D eigenvalue weighted by Crippen LogP contribution is -2.27. The van der Waals surface area contributed by atoms with Gasteiger partial charge in [-0.15, -0.1) is 11.3 Å². The molecule has 2 aromatic heterocycles. The number of hydrogen-bond donors (Lipinski definition) is 1. The molecule has 0 bridgehead atoms. The maximum Gasteiger partial charge on any atom is 0.222 e. The first-order valence-electron chi connectivity index (χ1n) is 7.69. The first-order valence-corrected chi connectivity index (χ1v) is 8.57. The van der Waals surface area contributed by atoms with E-state index in [0.29, 0.717) is 0 Å². The second-order valence-corrected chi connectivity index (χ2v) is 6.96. The van der Waals surface area contributed by atoms with Crippen molar-refractivity contribution in [1.29, 1.82) is 0 Å². The van der Waals surface area contributed by atoms with E-state index in [-0.39, 0.29) is 12.1 Å². The molecule has 23 heavy (non-hydrogen) atoms. The molecular weight excluding hydrogens is 306 g/mol. The molecule has 5 nitrogen and oxygen atoms in total. The highest BCUT2D eigenvalue weighted by atomic mass is 32.1. The maximum absolute atomic E-state index is 4.42. The summed E-state index contributed by atoms with van der Waals surface area (Å²) in [4.78, 5) is 7.83. The average molecular weight is 325 g/mol. The van der Waals surface area contributed by atoms with Gasteiger partial charge in [-0.2, -0.15) is 10.1 Å². The summed E-state index contributed by atoms with van der Waals surface area (Å²) in [7, 11) is 4.11. The second kappa shape index (κ2) is 5.70. The summed E-state index contributed by atoms with van der Waals surface area (Å²) in [5, 5.41) is 10.0. The predicted octanol–water partition coefficient (Wildman–Crippen LogP) is 3.55. The van der Waals surface area contributed by atoms with Gasteiger partial charge in [0.2, 0.25) is 5.95 Å². The number of nitrogens with zero attached hydrogens (tertiary/aromatic N) is 4. The summed E-state index contributed by atoms with van der Waals surface area (Å²) in [6, 6.07) is 13.5. The number of fused-ring (bicyclic) bond motifs is 1. The SMILES string of the molecule is CN(C)c1ccc([C@@H]2C[C@@H](c3cccs3)Nc3ncnn32)cc1. The second-order valence-electron chi connectivity index (χ2n) is 5.98. The third-order valence-electron chi connectivity index (χ3n) is 4.31. The third kappa shape index (κ3) is 2.59. The summed E-state index contributed by atoms with van der Waals surface area (Å²) in [5.41, 5.74) is 2.47. The zero-order valence-electron chi connectivity index (χ0n) is 13.2. The van der Waals surface area contributed by atoms with E-state index in [9.17, 15) is 0 Å². The topological polar surface area (TPSA) is 46.0 Å². The van der Waals surface area contributed by atoms with Crippen LogP contribution < -0.4 is 10.2 Å². The summed E-state index contributed by atoms with van der Waals surface area (Å²) < 4.78 is 1.99. The number of anilines is 2. The molecule has 0 unspecified atom stereocenters. The van der Waals surface area contributed by atoms with Gasteiger partial charge in [-0.1, -0.05) is 18.2 Å². The summed E-state index contributed by atoms with van der Waals surface area (Å²) >= 11 is 1.78. The molecule has 0 spiro atoms. The molecule has 118 valence electrons. The maximum atomic E-state index is 4.42. The van der Waals surface area contributed by atoms with Crippen LogP contribution in [0.4, 0.5) is 11.6 Å². The van der Waals surface area contributed by atoms with Crippen molar-refractivity contribution in [2.75, 3.05) is 24.3 Å². The van der Waals surface area contributed by atoms with Crippen molar-refractivity contribution in [3.8, 4) is 0 Å². The molecule has 0 fully saturated rings. The van der Waals surface area contributed by atoms with E-state index in [1.807, 2.05) is 4.68 Å². The average Bonchev–Trinajstić information content (AvgIpc) is 3.25. The smallest absolute Gasteiger partial charge is 0.222 e. The van der Waals surface area contributed by atoms with Crippen molar-refractivity contribution in [1.82, 2.24) is 14.8 Å².